The number of nitrogens with one attached hydrogen (secondary N) is 2. The minimum Gasteiger partial charge on any atom is -0.465 e. The summed E-state index contributed by atoms with van der Waals surface area (Å²) >= 11 is 7.10. The molecule has 1 amide bonds. The van der Waals surface area contributed by atoms with Crippen LogP contribution in [0, 0.1) is 0 Å². The molecular weight excluding hydrogens is 364 g/mol. The number of hydrogen-bond donors (Lipinski definition) is 2. The summed E-state index contributed by atoms with van der Waals surface area (Å²) in [7, 11) is 1.29. The van der Waals surface area contributed by atoms with Crippen molar-refractivity contribution in [3.63, 3.8) is 0 Å². The number of aromatic amines is 1. The van der Waals surface area contributed by atoms with Gasteiger partial charge in [0.1, 0.15) is 0 Å². The zero-order chi connectivity index (χ0) is 17.8. The number of aromatic nitrogens is 3. The number of esters is 1. The molecular formula is C16H13ClN4O3S. The lowest BCUT2D eigenvalue weighted by Gasteiger charge is -2.08. The van der Waals surface area contributed by atoms with Crippen LogP contribution in [0.4, 0.5) is 5.69 Å². The van der Waals surface area contributed by atoms with Gasteiger partial charge in [0.05, 0.1) is 34.7 Å². The highest BCUT2D eigenvalue weighted by Gasteiger charge is 2.14. The number of thioether (sulfide) groups is 1. The third-order valence-electron chi connectivity index (χ3n) is 3.23. The van der Waals surface area contributed by atoms with Crippen molar-refractivity contribution in [1.29, 1.82) is 0 Å². The van der Waals surface area contributed by atoms with Gasteiger partial charge in [-0.3, -0.25) is 4.79 Å². The number of benzene rings is 1. The lowest BCUT2D eigenvalue weighted by atomic mass is 10.2. The van der Waals surface area contributed by atoms with Crippen LogP contribution in [0.2, 0.25) is 5.02 Å². The molecule has 0 atom stereocenters. The Morgan fingerprint density at radius 3 is 2.96 bits per heavy atom. The number of para-hydroxylation sites is 1. The highest BCUT2D eigenvalue weighted by molar-refractivity contribution is 7.99. The molecule has 0 saturated heterocycles. The minimum atomic E-state index is -0.510. The third kappa shape index (κ3) is 4.09. The molecule has 1 aromatic carbocycles. The second-order valence-corrected chi connectivity index (χ2v) is 6.34. The number of fused-ring (bicyclic) bond motifs is 1. The average molecular weight is 377 g/mol. The number of methoxy groups -OCH3 is 1. The first-order valence-electron chi connectivity index (χ1n) is 7.18. The molecule has 0 fully saturated rings. The van der Waals surface area contributed by atoms with Crippen LogP contribution in [0.15, 0.2) is 41.7 Å². The highest BCUT2D eigenvalue weighted by Crippen LogP contribution is 2.21. The van der Waals surface area contributed by atoms with Crippen LogP contribution in [0.25, 0.3) is 11.2 Å². The topological polar surface area (TPSA) is 97.0 Å². The number of halogens is 1. The van der Waals surface area contributed by atoms with Gasteiger partial charge >= 0.3 is 5.97 Å². The van der Waals surface area contributed by atoms with Gasteiger partial charge in [-0.2, -0.15) is 0 Å². The second kappa shape index (κ2) is 7.54. The average Bonchev–Trinajstić information content (AvgIpc) is 3.02. The van der Waals surface area contributed by atoms with Crippen molar-refractivity contribution in [2.24, 2.45) is 0 Å². The molecule has 0 spiro atoms. The van der Waals surface area contributed by atoms with E-state index in [2.05, 4.69) is 20.3 Å². The van der Waals surface area contributed by atoms with E-state index in [0.29, 0.717) is 32.6 Å². The van der Waals surface area contributed by atoms with Crippen molar-refractivity contribution in [2.75, 3.05) is 18.2 Å². The van der Waals surface area contributed by atoms with Crippen LogP contribution < -0.4 is 5.32 Å². The third-order valence-corrected chi connectivity index (χ3v) is 4.31. The monoisotopic (exact) mass is 376 g/mol. The predicted molar refractivity (Wildman–Crippen MR) is 96.0 cm³/mol. The maximum Gasteiger partial charge on any atom is 0.339 e. The number of imidazole rings is 1. The van der Waals surface area contributed by atoms with Crippen molar-refractivity contribution in [1.82, 2.24) is 15.0 Å². The summed E-state index contributed by atoms with van der Waals surface area (Å²) in [5.41, 5.74) is 1.93. The molecule has 2 N–H and O–H groups in total. The molecule has 128 valence electrons. The first-order valence-corrected chi connectivity index (χ1v) is 8.54. The van der Waals surface area contributed by atoms with Gasteiger partial charge < -0.3 is 15.0 Å². The van der Waals surface area contributed by atoms with Crippen LogP contribution in [0.3, 0.4) is 0 Å². The number of rotatable bonds is 5. The summed E-state index contributed by atoms with van der Waals surface area (Å²) in [6, 6.07) is 8.37. The Bertz CT molecular complexity index is 944. The minimum absolute atomic E-state index is 0.114. The van der Waals surface area contributed by atoms with Crippen LogP contribution >= 0.6 is 23.4 Å². The van der Waals surface area contributed by atoms with Gasteiger partial charge in [-0.15, -0.1) is 0 Å². The van der Waals surface area contributed by atoms with E-state index in [1.807, 2.05) is 0 Å². The molecule has 0 unspecified atom stereocenters. The van der Waals surface area contributed by atoms with Crippen LogP contribution in [0.1, 0.15) is 10.4 Å². The standard InChI is InChI=1S/C16H13ClN4O3S/c1-24-15(23)10-4-2-3-5-11(10)19-13(22)8-25-16-20-12-6-9(17)7-18-14(12)21-16/h2-7H,8H2,1H3,(H,19,22)(H,18,20,21). The van der Waals surface area contributed by atoms with Gasteiger partial charge in [0.2, 0.25) is 5.91 Å². The highest BCUT2D eigenvalue weighted by atomic mass is 35.5. The van der Waals surface area contributed by atoms with E-state index in [1.165, 1.54) is 25.1 Å². The number of carbonyl (C=O) groups excluding carboxylic acids is 2. The number of amides is 1. The number of ether oxygens (including phenoxy) is 1. The molecule has 3 aromatic rings. The summed E-state index contributed by atoms with van der Waals surface area (Å²) < 4.78 is 4.70. The fraction of sp³-hybridized carbons (Fsp3) is 0.125. The van der Waals surface area contributed by atoms with E-state index in [9.17, 15) is 9.59 Å². The Hall–Kier alpha value is -2.58. The molecule has 0 aliphatic carbocycles. The number of anilines is 1. The smallest absolute Gasteiger partial charge is 0.339 e. The molecule has 0 bridgehead atoms. The Kier molecular flexibility index (Phi) is 5.20. The summed E-state index contributed by atoms with van der Waals surface area (Å²) in [6.45, 7) is 0. The van der Waals surface area contributed by atoms with E-state index in [0.717, 1.165) is 0 Å². The number of H-pyrrole nitrogens is 1. The van der Waals surface area contributed by atoms with Crippen LogP contribution in [-0.2, 0) is 9.53 Å². The lowest BCUT2D eigenvalue weighted by Crippen LogP contribution is -2.17. The fourth-order valence-corrected chi connectivity index (χ4v) is 2.95. The quantitative estimate of drug-likeness (QED) is 0.524. The Morgan fingerprint density at radius 1 is 1.36 bits per heavy atom. The Labute approximate surface area is 152 Å². The van der Waals surface area contributed by atoms with Gasteiger partial charge in [0.25, 0.3) is 0 Å². The van der Waals surface area contributed by atoms with Crippen molar-refractivity contribution in [2.45, 2.75) is 5.16 Å². The van der Waals surface area contributed by atoms with E-state index in [4.69, 9.17) is 16.3 Å². The molecule has 3 rings (SSSR count). The largest absolute Gasteiger partial charge is 0.465 e. The van der Waals surface area contributed by atoms with E-state index >= 15 is 0 Å². The zero-order valence-electron chi connectivity index (χ0n) is 13.1. The molecule has 7 nitrogen and oxygen atoms in total. The number of carbonyl (C=O) groups is 2. The van der Waals surface area contributed by atoms with Crippen LogP contribution in [0.5, 0.6) is 0 Å². The second-order valence-electron chi connectivity index (χ2n) is 4.94. The molecule has 2 aromatic heterocycles. The Balaban J connectivity index is 1.66. The molecule has 0 aliphatic rings. The van der Waals surface area contributed by atoms with Crippen LogP contribution in [-0.4, -0.2) is 39.7 Å². The van der Waals surface area contributed by atoms with Crippen molar-refractivity contribution >= 4 is 52.1 Å². The molecule has 0 saturated carbocycles. The van der Waals surface area contributed by atoms with E-state index < -0.39 is 5.97 Å². The summed E-state index contributed by atoms with van der Waals surface area (Å²) in [5.74, 6) is -0.667. The van der Waals surface area contributed by atoms with E-state index in [-0.39, 0.29) is 11.7 Å². The Morgan fingerprint density at radius 2 is 2.16 bits per heavy atom. The van der Waals surface area contributed by atoms with Gasteiger partial charge in [0.15, 0.2) is 10.8 Å². The first-order chi connectivity index (χ1) is 12.1. The number of pyridine rings is 1. The normalized spacial score (nSPS) is 10.6. The molecule has 2 heterocycles. The number of hydrogen-bond acceptors (Lipinski definition) is 6. The molecule has 25 heavy (non-hydrogen) atoms. The van der Waals surface area contributed by atoms with Gasteiger partial charge in [-0.1, -0.05) is 35.5 Å². The SMILES string of the molecule is COC(=O)c1ccccc1NC(=O)CSc1nc2ncc(Cl)cc2[nH]1. The predicted octanol–water partition coefficient (Wildman–Crippen LogP) is 3.13. The maximum absolute atomic E-state index is 12.2. The maximum atomic E-state index is 12.2. The number of nitrogens with zero attached hydrogens (tertiary/aromatic N) is 2. The fourth-order valence-electron chi connectivity index (χ4n) is 2.12. The first kappa shape index (κ1) is 17.2. The van der Waals surface area contributed by atoms with E-state index in [1.54, 1.807) is 30.3 Å². The molecule has 9 heteroatoms. The van der Waals surface area contributed by atoms with Crippen molar-refractivity contribution in [3.8, 4) is 0 Å². The summed E-state index contributed by atoms with van der Waals surface area (Å²) in [6.07, 6.45) is 1.51. The van der Waals surface area contributed by atoms with Gasteiger partial charge in [0, 0.05) is 6.20 Å². The molecule has 0 aliphatic heterocycles. The van der Waals surface area contributed by atoms with Gasteiger partial charge in [-0.05, 0) is 18.2 Å². The molecule has 0 radical (unpaired) electrons. The zero-order valence-corrected chi connectivity index (χ0v) is 14.6. The van der Waals surface area contributed by atoms with Crippen molar-refractivity contribution < 1.29 is 14.3 Å². The van der Waals surface area contributed by atoms with Crippen molar-refractivity contribution in [3.05, 3.63) is 47.1 Å². The van der Waals surface area contributed by atoms with Gasteiger partial charge in [-0.25, -0.2) is 14.8 Å². The summed E-state index contributed by atoms with van der Waals surface area (Å²) in [4.78, 5) is 35.3. The lowest BCUT2D eigenvalue weighted by molar-refractivity contribution is -0.113. The summed E-state index contributed by atoms with van der Waals surface area (Å²) in [5, 5.41) is 3.76.